The molecule has 0 aromatic rings. The van der Waals surface area contributed by atoms with Crippen molar-refractivity contribution in [3.63, 3.8) is 0 Å². The average Bonchev–Trinajstić information content (AvgIpc) is 3.01. The van der Waals surface area contributed by atoms with Crippen LogP contribution in [0.4, 0.5) is 0 Å². The van der Waals surface area contributed by atoms with Crippen molar-refractivity contribution in [3.8, 4) is 0 Å². The molecule has 0 radical (unpaired) electrons. The Kier molecular flexibility index (Phi) is 6.95. The molecule has 0 bridgehead atoms. The Morgan fingerprint density at radius 3 is 2.03 bits per heavy atom. The summed E-state index contributed by atoms with van der Waals surface area (Å²) in [6.45, 7) is 26.6. The predicted octanol–water partition coefficient (Wildman–Crippen LogP) is 9.54. The van der Waals surface area contributed by atoms with Gasteiger partial charge in [0.05, 0.1) is 5.76 Å². The number of hydrogen-bond donors (Lipinski definition) is 0. The van der Waals surface area contributed by atoms with E-state index < -0.39 is 16.6 Å². The van der Waals surface area contributed by atoms with Crippen molar-refractivity contribution in [3.05, 3.63) is 11.8 Å². The standard InChI is InChI=1S/C30H56O2Si2/c1-28(2,3)33(8,9)31-22-13-15-23-21(20-22)12-14-25-24(23)18-19-30(7)26(25)16-17-27(30)32-34(10,11)29(4,5)6/h17,21-26H,12-16,18-20H2,1-11H3. The van der Waals surface area contributed by atoms with Crippen LogP contribution in [0.1, 0.15) is 99.8 Å². The van der Waals surface area contributed by atoms with Gasteiger partial charge in [-0.3, -0.25) is 0 Å². The van der Waals surface area contributed by atoms with Gasteiger partial charge in [0.2, 0.25) is 8.32 Å². The van der Waals surface area contributed by atoms with Gasteiger partial charge in [-0.15, -0.1) is 0 Å². The zero-order valence-electron chi connectivity index (χ0n) is 24.5. The molecule has 0 N–H and O–H groups in total. The lowest BCUT2D eigenvalue weighted by Crippen LogP contribution is -2.51. The molecule has 4 aliphatic rings. The highest BCUT2D eigenvalue weighted by Crippen LogP contribution is 2.63. The van der Waals surface area contributed by atoms with E-state index in [1.807, 2.05) is 0 Å². The van der Waals surface area contributed by atoms with E-state index in [0.717, 1.165) is 29.6 Å². The molecule has 4 heteroatoms. The smallest absolute Gasteiger partial charge is 0.250 e. The molecule has 3 saturated carbocycles. The second kappa shape index (κ2) is 8.76. The molecule has 3 fully saturated rings. The summed E-state index contributed by atoms with van der Waals surface area (Å²) < 4.78 is 13.9. The minimum absolute atomic E-state index is 0.267. The molecule has 0 heterocycles. The van der Waals surface area contributed by atoms with Crippen molar-refractivity contribution in [1.82, 2.24) is 0 Å². The summed E-state index contributed by atoms with van der Waals surface area (Å²) in [5.74, 6) is 5.92. The number of hydrogen-bond acceptors (Lipinski definition) is 2. The van der Waals surface area contributed by atoms with Gasteiger partial charge < -0.3 is 8.85 Å². The minimum Gasteiger partial charge on any atom is -0.546 e. The lowest BCUT2D eigenvalue weighted by molar-refractivity contribution is -0.0670. The first-order valence-electron chi connectivity index (χ1n) is 14.5. The van der Waals surface area contributed by atoms with Crippen LogP contribution in [-0.2, 0) is 8.85 Å². The molecular formula is C30H56O2Si2. The molecule has 7 unspecified atom stereocenters. The third-order valence-electron chi connectivity index (χ3n) is 11.9. The molecule has 196 valence electrons. The molecule has 0 aliphatic heterocycles. The summed E-state index contributed by atoms with van der Waals surface area (Å²) in [7, 11) is -3.45. The van der Waals surface area contributed by atoms with Crippen molar-refractivity contribution in [2.45, 2.75) is 142 Å². The number of allylic oxidation sites excluding steroid dienone is 2. The van der Waals surface area contributed by atoms with Gasteiger partial charge in [-0.25, -0.2) is 0 Å². The summed E-state index contributed by atoms with van der Waals surface area (Å²) in [5.41, 5.74) is 0.284. The molecule has 0 spiro atoms. The maximum Gasteiger partial charge on any atom is 0.250 e. The van der Waals surface area contributed by atoms with E-state index in [0.29, 0.717) is 11.1 Å². The SMILES string of the molecule is CC12CCC3C4CCC(O[Si](C)(C)C(C)(C)C)CC4CCC3C1CC=C2O[Si](C)(C)C(C)(C)C. The van der Waals surface area contributed by atoms with Gasteiger partial charge in [0.1, 0.15) is 0 Å². The van der Waals surface area contributed by atoms with Gasteiger partial charge >= 0.3 is 0 Å². The van der Waals surface area contributed by atoms with Crippen LogP contribution in [0.25, 0.3) is 0 Å². The van der Waals surface area contributed by atoms with Crippen molar-refractivity contribution >= 4 is 16.6 Å². The largest absolute Gasteiger partial charge is 0.546 e. The Morgan fingerprint density at radius 2 is 1.41 bits per heavy atom. The van der Waals surface area contributed by atoms with Crippen molar-refractivity contribution in [1.29, 1.82) is 0 Å². The molecule has 4 aliphatic carbocycles. The summed E-state index contributed by atoms with van der Waals surface area (Å²) in [6, 6.07) is 0. The maximum atomic E-state index is 7.00. The molecule has 7 atom stereocenters. The topological polar surface area (TPSA) is 18.5 Å². The van der Waals surface area contributed by atoms with Crippen molar-refractivity contribution in [2.24, 2.45) is 35.0 Å². The zero-order valence-corrected chi connectivity index (χ0v) is 26.5. The van der Waals surface area contributed by atoms with Crippen molar-refractivity contribution < 1.29 is 8.85 Å². The normalized spacial score (nSPS) is 39.1. The number of fused-ring (bicyclic) bond motifs is 5. The van der Waals surface area contributed by atoms with Crippen LogP contribution in [0.5, 0.6) is 0 Å². The van der Waals surface area contributed by atoms with Gasteiger partial charge in [0.15, 0.2) is 8.32 Å². The van der Waals surface area contributed by atoms with Crippen LogP contribution in [0.2, 0.25) is 36.3 Å². The lowest BCUT2D eigenvalue weighted by atomic mass is 9.50. The monoisotopic (exact) mass is 504 g/mol. The van der Waals surface area contributed by atoms with E-state index in [9.17, 15) is 0 Å². The highest BCUT2D eigenvalue weighted by Gasteiger charge is 2.57. The van der Waals surface area contributed by atoms with Crippen LogP contribution in [0, 0.1) is 35.0 Å². The van der Waals surface area contributed by atoms with E-state index in [-0.39, 0.29) is 10.5 Å². The number of rotatable bonds is 4. The average molecular weight is 505 g/mol. The van der Waals surface area contributed by atoms with Crippen LogP contribution in [-0.4, -0.2) is 22.7 Å². The van der Waals surface area contributed by atoms with E-state index >= 15 is 0 Å². The van der Waals surface area contributed by atoms with E-state index in [1.165, 1.54) is 57.1 Å². The van der Waals surface area contributed by atoms with Crippen molar-refractivity contribution in [2.75, 3.05) is 0 Å². The lowest BCUT2D eigenvalue weighted by Gasteiger charge is -2.56. The molecule has 0 amide bonds. The summed E-state index contributed by atoms with van der Waals surface area (Å²) in [5, 5.41) is 0.581. The molecule has 0 aromatic carbocycles. The second-order valence-corrected chi connectivity index (χ2v) is 25.4. The first-order valence-corrected chi connectivity index (χ1v) is 20.4. The highest BCUT2D eigenvalue weighted by molar-refractivity contribution is 6.74. The van der Waals surface area contributed by atoms with Gasteiger partial charge in [-0.2, -0.15) is 0 Å². The molecular weight excluding hydrogens is 449 g/mol. The quantitative estimate of drug-likeness (QED) is 0.355. The first kappa shape index (κ1) is 27.0. The fourth-order valence-electron chi connectivity index (χ4n) is 7.62. The van der Waals surface area contributed by atoms with Gasteiger partial charge in [0.25, 0.3) is 0 Å². The Balaban J connectivity index is 1.42. The third-order valence-corrected chi connectivity index (χ3v) is 20.7. The Hall–Kier alpha value is -0.0662. The highest BCUT2D eigenvalue weighted by atomic mass is 28.4. The minimum atomic E-state index is -1.78. The van der Waals surface area contributed by atoms with Gasteiger partial charge in [-0.05, 0) is 123 Å². The fraction of sp³-hybridized carbons (Fsp3) is 0.933. The van der Waals surface area contributed by atoms with E-state index in [1.54, 1.807) is 0 Å². The molecule has 2 nitrogen and oxygen atoms in total. The van der Waals surface area contributed by atoms with Crippen LogP contribution in [0.3, 0.4) is 0 Å². The third kappa shape index (κ3) is 4.67. The van der Waals surface area contributed by atoms with E-state index in [2.05, 4.69) is 80.7 Å². The Bertz CT molecular complexity index is 787. The maximum absolute atomic E-state index is 7.00. The molecule has 0 saturated heterocycles. The van der Waals surface area contributed by atoms with Gasteiger partial charge in [-0.1, -0.05) is 48.5 Å². The molecule has 0 aromatic heterocycles. The second-order valence-electron chi connectivity index (χ2n) is 15.9. The fourth-order valence-corrected chi connectivity index (χ4v) is 10.2. The molecule has 4 rings (SSSR count). The van der Waals surface area contributed by atoms with Crippen LogP contribution in [0.15, 0.2) is 11.8 Å². The van der Waals surface area contributed by atoms with Gasteiger partial charge in [0, 0.05) is 11.5 Å². The zero-order chi connectivity index (χ0) is 25.3. The predicted molar refractivity (Wildman–Crippen MR) is 151 cm³/mol. The van der Waals surface area contributed by atoms with E-state index in [4.69, 9.17) is 8.85 Å². The summed E-state index contributed by atoms with van der Waals surface area (Å²) in [6.07, 6.45) is 14.0. The Labute approximate surface area is 214 Å². The molecule has 34 heavy (non-hydrogen) atoms. The van der Waals surface area contributed by atoms with Crippen LogP contribution >= 0.6 is 0 Å². The van der Waals surface area contributed by atoms with Crippen LogP contribution < -0.4 is 0 Å². The summed E-state index contributed by atoms with van der Waals surface area (Å²) >= 11 is 0. The summed E-state index contributed by atoms with van der Waals surface area (Å²) in [4.78, 5) is 0. The Morgan fingerprint density at radius 1 is 0.794 bits per heavy atom. The first-order chi connectivity index (χ1) is 15.5.